The summed E-state index contributed by atoms with van der Waals surface area (Å²) < 4.78 is 29.7. The molecule has 4 rings (SSSR count). The van der Waals surface area contributed by atoms with Crippen LogP contribution in [0.2, 0.25) is 0 Å². The molecule has 0 fully saturated rings. The third-order valence-electron chi connectivity index (χ3n) is 4.31. The van der Waals surface area contributed by atoms with Gasteiger partial charge in [-0.05, 0) is 19.1 Å². The van der Waals surface area contributed by atoms with Crippen molar-refractivity contribution in [3.05, 3.63) is 78.6 Å². The van der Waals surface area contributed by atoms with Crippen molar-refractivity contribution in [1.82, 2.24) is 9.97 Å². The summed E-state index contributed by atoms with van der Waals surface area (Å²) in [5.41, 5.74) is 2.88. The van der Waals surface area contributed by atoms with Crippen LogP contribution in [0.5, 0.6) is 0 Å². The summed E-state index contributed by atoms with van der Waals surface area (Å²) in [5, 5.41) is 12.5. The number of benzene rings is 3. The van der Waals surface area contributed by atoms with Gasteiger partial charge in [-0.25, -0.2) is 9.97 Å². The predicted octanol–water partition coefficient (Wildman–Crippen LogP) is 3.66. The maximum absolute atomic E-state index is 11.3. The number of nitrogens with zero attached hydrogens (tertiary/aromatic N) is 4. The summed E-state index contributed by atoms with van der Waals surface area (Å²) in [5.74, 6) is 1.42. The van der Waals surface area contributed by atoms with E-state index < -0.39 is 14.2 Å². The van der Waals surface area contributed by atoms with Crippen LogP contribution in [-0.2, 0) is 3.74 Å². The molecule has 0 bridgehead atoms. The average molecular weight is 463 g/mol. The van der Waals surface area contributed by atoms with E-state index >= 15 is 0 Å². The van der Waals surface area contributed by atoms with E-state index in [4.69, 9.17) is 0 Å². The summed E-state index contributed by atoms with van der Waals surface area (Å²) >= 11 is -4.88. The Morgan fingerprint density at radius 1 is 0.833 bits per heavy atom. The van der Waals surface area contributed by atoms with E-state index in [9.17, 15) is 11.9 Å². The molecule has 4 aromatic rings. The molecular formula is C21H18AsN5O3. The van der Waals surface area contributed by atoms with Gasteiger partial charge in [-0.3, -0.25) is 0 Å². The largest absolute Gasteiger partial charge is 0.233 e. The molecule has 0 aliphatic carbocycles. The molecule has 0 atom stereocenters. The van der Waals surface area contributed by atoms with E-state index in [0.29, 0.717) is 17.2 Å². The Balaban J connectivity index is 1.50. The summed E-state index contributed by atoms with van der Waals surface area (Å²) in [6.45, 7) is 1.86. The molecule has 8 nitrogen and oxygen atoms in total. The quantitative estimate of drug-likeness (QED) is 0.307. The molecular weight excluding hydrogens is 445 g/mol. The zero-order valence-corrected chi connectivity index (χ0v) is 17.8. The Bertz CT molecular complexity index is 1270. The zero-order valence-electron chi connectivity index (χ0n) is 16.0. The van der Waals surface area contributed by atoms with Crippen molar-refractivity contribution in [3.8, 4) is 0 Å². The number of hydrogen-bond donors (Lipinski definition) is 3. The van der Waals surface area contributed by atoms with Crippen LogP contribution in [0.25, 0.3) is 10.9 Å². The summed E-state index contributed by atoms with van der Waals surface area (Å²) in [4.78, 5) is 8.94. The van der Waals surface area contributed by atoms with Gasteiger partial charge in [-0.1, -0.05) is 12.1 Å². The van der Waals surface area contributed by atoms with Crippen LogP contribution in [0.3, 0.4) is 0 Å². The van der Waals surface area contributed by atoms with Crippen LogP contribution in [0.4, 0.5) is 22.9 Å². The summed E-state index contributed by atoms with van der Waals surface area (Å²) in [6.07, 6.45) is 0. The SMILES string of the molecule is Cc1nc(Nc2ccc(N=Nc3ccc([As](=O)(O)O)cc3)cc2)c2ccccc2n1. The Morgan fingerprint density at radius 3 is 2.07 bits per heavy atom. The molecule has 0 aliphatic heterocycles. The van der Waals surface area contributed by atoms with E-state index in [1.807, 2.05) is 55.5 Å². The van der Waals surface area contributed by atoms with Gasteiger partial charge in [0.2, 0.25) is 0 Å². The number of azo groups is 1. The molecule has 3 N–H and O–H groups in total. The van der Waals surface area contributed by atoms with Gasteiger partial charge in [0, 0.05) is 5.39 Å². The first kappa shape index (κ1) is 20.0. The number of aryl methyl sites for hydroxylation is 1. The fraction of sp³-hybridized carbons (Fsp3) is 0.0476. The summed E-state index contributed by atoms with van der Waals surface area (Å²) in [6, 6.07) is 21.0. The van der Waals surface area contributed by atoms with E-state index in [1.165, 1.54) is 24.3 Å². The van der Waals surface area contributed by atoms with Crippen molar-refractivity contribution in [3.63, 3.8) is 0 Å². The number of hydrogen-bond acceptors (Lipinski definition) is 6. The first-order valence-electron chi connectivity index (χ1n) is 9.07. The van der Waals surface area contributed by atoms with E-state index in [0.717, 1.165) is 22.4 Å². The minimum Gasteiger partial charge on any atom is -0.233 e. The number of para-hydroxylation sites is 1. The molecule has 0 unspecified atom stereocenters. The van der Waals surface area contributed by atoms with Crippen molar-refractivity contribution in [2.75, 3.05) is 5.32 Å². The maximum atomic E-state index is 11.3. The van der Waals surface area contributed by atoms with Gasteiger partial charge in [-0.2, -0.15) is 0 Å². The van der Waals surface area contributed by atoms with Gasteiger partial charge in [0.25, 0.3) is 0 Å². The molecule has 9 heteroatoms. The third kappa shape index (κ3) is 4.63. The Kier molecular flexibility index (Phi) is 5.46. The molecule has 0 aliphatic rings. The molecule has 0 radical (unpaired) electrons. The van der Waals surface area contributed by atoms with E-state index in [-0.39, 0.29) is 4.35 Å². The molecule has 30 heavy (non-hydrogen) atoms. The topological polar surface area (TPSA) is 120 Å². The summed E-state index contributed by atoms with van der Waals surface area (Å²) in [7, 11) is 0. The molecule has 1 heterocycles. The van der Waals surface area contributed by atoms with Crippen molar-refractivity contribution in [2.24, 2.45) is 10.2 Å². The zero-order chi connectivity index (χ0) is 21.1. The predicted molar refractivity (Wildman–Crippen MR) is 115 cm³/mol. The first-order chi connectivity index (χ1) is 14.4. The van der Waals surface area contributed by atoms with Gasteiger partial charge in [-0.15, -0.1) is 0 Å². The van der Waals surface area contributed by atoms with Crippen molar-refractivity contribution >= 4 is 52.3 Å². The Morgan fingerprint density at radius 2 is 1.43 bits per heavy atom. The van der Waals surface area contributed by atoms with E-state index in [1.54, 1.807) is 0 Å². The minimum absolute atomic E-state index is 0.00924. The van der Waals surface area contributed by atoms with Gasteiger partial charge in [0.05, 0.1) is 5.52 Å². The van der Waals surface area contributed by atoms with Crippen LogP contribution < -0.4 is 9.67 Å². The molecule has 1 aromatic heterocycles. The maximum Gasteiger partial charge on any atom is 0.0761 e. The van der Waals surface area contributed by atoms with Crippen molar-refractivity contribution in [2.45, 2.75) is 6.92 Å². The molecule has 150 valence electrons. The van der Waals surface area contributed by atoms with Crippen LogP contribution in [0.1, 0.15) is 5.82 Å². The fourth-order valence-corrected chi connectivity index (χ4v) is 3.99. The number of anilines is 2. The molecule has 0 spiro atoms. The smallest absolute Gasteiger partial charge is 0.0761 e. The van der Waals surface area contributed by atoms with Gasteiger partial charge < -0.3 is 0 Å². The number of nitrogens with one attached hydrogen (secondary N) is 1. The standard InChI is InChI=1S/C21H18AsN5O3/c1-14-23-20-5-3-2-4-19(20)21(24-14)25-16-10-12-18(13-11-16)27-26-17-8-6-15(7-9-17)22(28,29)30/h2-13H,1H3,(H,23,24,25)(H2,28,29,30). The second-order valence-corrected chi connectivity index (χ2v) is 9.94. The molecule has 0 saturated carbocycles. The van der Waals surface area contributed by atoms with Crippen LogP contribution in [-0.4, -0.2) is 32.3 Å². The fourth-order valence-electron chi connectivity index (χ4n) is 2.87. The van der Waals surface area contributed by atoms with Crippen LogP contribution in [0, 0.1) is 6.92 Å². The van der Waals surface area contributed by atoms with Gasteiger partial charge >= 0.3 is 117 Å². The number of rotatable bonds is 5. The van der Waals surface area contributed by atoms with E-state index in [2.05, 4.69) is 25.5 Å². The van der Waals surface area contributed by atoms with Crippen molar-refractivity contribution in [1.29, 1.82) is 0 Å². The number of fused-ring (bicyclic) bond motifs is 1. The molecule has 0 saturated heterocycles. The first-order valence-corrected chi connectivity index (χ1v) is 12.5. The molecule has 3 aromatic carbocycles. The van der Waals surface area contributed by atoms with Gasteiger partial charge in [0.15, 0.2) is 0 Å². The average Bonchev–Trinajstić information content (AvgIpc) is 2.73. The number of aromatic nitrogens is 2. The third-order valence-corrected chi connectivity index (χ3v) is 6.35. The second-order valence-electron chi connectivity index (χ2n) is 6.57. The normalized spacial score (nSPS) is 11.8. The van der Waals surface area contributed by atoms with Crippen LogP contribution >= 0.6 is 0 Å². The minimum atomic E-state index is -4.88. The second kappa shape index (κ2) is 8.20. The Hall–Kier alpha value is -3.32. The molecule has 0 amide bonds. The van der Waals surface area contributed by atoms with Crippen molar-refractivity contribution < 1.29 is 11.9 Å². The Labute approximate surface area is 175 Å². The van der Waals surface area contributed by atoms with Crippen LogP contribution in [0.15, 0.2) is 83.0 Å². The monoisotopic (exact) mass is 463 g/mol. The van der Waals surface area contributed by atoms with Gasteiger partial charge in [0.1, 0.15) is 5.82 Å².